The van der Waals surface area contributed by atoms with Crippen LogP contribution in [-0.4, -0.2) is 33.5 Å². The molecule has 1 aromatic heterocycles. The molecule has 1 heterocycles. The summed E-state index contributed by atoms with van der Waals surface area (Å²) < 4.78 is 13.2. The number of benzene rings is 2. The monoisotopic (exact) mass is 452 g/mol. The SMILES string of the molecule is C=CCn1c(SCC(=O)Nc2c(C)cccc2C)nnc1C(C)Oc1cccc(OC)c1. The summed E-state index contributed by atoms with van der Waals surface area (Å²) in [5.74, 6) is 2.17. The van der Waals surface area contributed by atoms with Gasteiger partial charge in [0.15, 0.2) is 17.1 Å². The second-order valence-corrected chi connectivity index (χ2v) is 8.23. The van der Waals surface area contributed by atoms with Crippen molar-refractivity contribution in [1.29, 1.82) is 0 Å². The third-order valence-corrected chi connectivity index (χ3v) is 5.82. The number of nitrogens with zero attached hydrogens (tertiary/aromatic N) is 3. The zero-order valence-corrected chi connectivity index (χ0v) is 19.6. The molecule has 1 unspecified atom stereocenters. The Hall–Kier alpha value is -3.26. The van der Waals surface area contributed by atoms with Gasteiger partial charge in [-0.2, -0.15) is 0 Å². The zero-order valence-electron chi connectivity index (χ0n) is 18.8. The van der Waals surface area contributed by atoms with Crippen molar-refractivity contribution in [2.75, 3.05) is 18.2 Å². The van der Waals surface area contributed by atoms with Crippen LogP contribution in [0.25, 0.3) is 0 Å². The minimum Gasteiger partial charge on any atom is -0.497 e. The fourth-order valence-corrected chi connectivity index (χ4v) is 4.01. The van der Waals surface area contributed by atoms with E-state index in [1.165, 1.54) is 11.8 Å². The number of methoxy groups -OCH3 is 1. The summed E-state index contributed by atoms with van der Waals surface area (Å²) in [5.41, 5.74) is 2.92. The number of rotatable bonds is 10. The molecular weight excluding hydrogens is 424 g/mol. The van der Waals surface area contributed by atoms with Crippen molar-refractivity contribution in [1.82, 2.24) is 14.8 Å². The molecule has 0 saturated heterocycles. The van der Waals surface area contributed by atoms with Crippen molar-refractivity contribution in [2.45, 2.75) is 38.6 Å². The van der Waals surface area contributed by atoms with Gasteiger partial charge in [0.05, 0.1) is 12.9 Å². The number of carbonyl (C=O) groups excluding carboxylic acids is 1. The lowest BCUT2D eigenvalue weighted by atomic mass is 10.1. The summed E-state index contributed by atoms with van der Waals surface area (Å²) in [6.45, 7) is 10.2. The predicted octanol–water partition coefficient (Wildman–Crippen LogP) is 4.96. The summed E-state index contributed by atoms with van der Waals surface area (Å²) in [7, 11) is 1.61. The second kappa shape index (κ2) is 10.9. The van der Waals surface area contributed by atoms with Crippen LogP contribution in [0.15, 0.2) is 60.3 Å². The van der Waals surface area contributed by atoms with Crippen LogP contribution in [0.5, 0.6) is 11.5 Å². The Kier molecular flexibility index (Phi) is 7.94. The van der Waals surface area contributed by atoms with Gasteiger partial charge < -0.3 is 14.8 Å². The van der Waals surface area contributed by atoms with Gasteiger partial charge in [-0.1, -0.05) is 42.1 Å². The van der Waals surface area contributed by atoms with Crippen LogP contribution in [0.4, 0.5) is 5.69 Å². The number of allylic oxidation sites excluding steroid dienone is 1. The fraction of sp³-hybridized carbons (Fsp3) is 0.292. The standard InChI is InChI=1S/C24H28N4O3S/c1-6-13-28-23(18(4)31-20-12-8-11-19(14-20)30-5)26-27-24(28)32-15-21(29)25-22-16(2)9-7-10-17(22)3/h6-12,14,18H,1,13,15H2,2-5H3,(H,25,29). The number of anilines is 1. The number of amides is 1. The molecule has 0 radical (unpaired) electrons. The molecular formula is C24H28N4O3S. The summed E-state index contributed by atoms with van der Waals surface area (Å²) in [5, 5.41) is 12.2. The Bertz CT molecular complexity index is 1080. The van der Waals surface area contributed by atoms with Crippen LogP contribution >= 0.6 is 11.8 Å². The van der Waals surface area contributed by atoms with Gasteiger partial charge in [0, 0.05) is 18.3 Å². The molecule has 1 amide bonds. The van der Waals surface area contributed by atoms with Gasteiger partial charge in [-0.05, 0) is 44.0 Å². The van der Waals surface area contributed by atoms with E-state index in [9.17, 15) is 4.79 Å². The van der Waals surface area contributed by atoms with E-state index in [4.69, 9.17) is 9.47 Å². The molecule has 1 N–H and O–H groups in total. The van der Waals surface area contributed by atoms with Crippen molar-refractivity contribution in [3.8, 4) is 11.5 Å². The molecule has 3 aromatic rings. The van der Waals surface area contributed by atoms with Gasteiger partial charge in [0.2, 0.25) is 5.91 Å². The number of nitrogens with one attached hydrogen (secondary N) is 1. The van der Waals surface area contributed by atoms with E-state index in [-0.39, 0.29) is 17.8 Å². The minimum absolute atomic E-state index is 0.0946. The second-order valence-electron chi connectivity index (χ2n) is 7.28. The molecule has 0 aliphatic carbocycles. The molecule has 0 saturated carbocycles. The average Bonchev–Trinajstić information content (AvgIpc) is 3.18. The zero-order chi connectivity index (χ0) is 23.1. The Morgan fingerprint density at radius 3 is 2.56 bits per heavy atom. The Morgan fingerprint density at radius 2 is 1.88 bits per heavy atom. The third kappa shape index (κ3) is 5.70. The molecule has 0 bridgehead atoms. The molecule has 7 nitrogen and oxygen atoms in total. The summed E-state index contributed by atoms with van der Waals surface area (Å²) in [4.78, 5) is 12.6. The number of carbonyl (C=O) groups is 1. The molecule has 1 atom stereocenters. The normalized spacial score (nSPS) is 11.6. The number of hydrogen-bond donors (Lipinski definition) is 1. The Labute approximate surface area is 192 Å². The van der Waals surface area contributed by atoms with E-state index in [2.05, 4.69) is 22.1 Å². The van der Waals surface area contributed by atoms with Gasteiger partial charge in [0.1, 0.15) is 11.5 Å². The lowest BCUT2D eigenvalue weighted by Crippen LogP contribution is -2.16. The van der Waals surface area contributed by atoms with Crippen molar-refractivity contribution in [3.05, 3.63) is 72.1 Å². The summed E-state index contributed by atoms with van der Waals surface area (Å²) in [6, 6.07) is 13.3. The predicted molar refractivity (Wildman–Crippen MR) is 128 cm³/mol. The Morgan fingerprint density at radius 1 is 1.19 bits per heavy atom. The van der Waals surface area contributed by atoms with Crippen LogP contribution in [0.2, 0.25) is 0 Å². The first kappa shape index (κ1) is 23.4. The average molecular weight is 453 g/mol. The van der Waals surface area contributed by atoms with Crippen molar-refractivity contribution < 1.29 is 14.3 Å². The maximum atomic E-state index is 12.6. The summed E-state index contributed by atoms with van der Waals surface area (Å²) in [6.07, 6.45) is 1.42. The number of para-hydroxylation sites is 1. The highest BCUT2D eigenvalue weighted by atomic mass is 32.2. The fourth-order valence-electron chi connectivity index (χ4n) is 3.26. The molecule has 2 aromatic carbocycles. The van der Waals surface area contributed by atoms with Crippen LogP contribution < -0.4 is 14.8 Å². The van der Waals surface area contributed by atoms with Crippen molar-refractivity contribution >= 4 is 23.4 Å². The van der Waals surface area contributed by atoms with E-state index >= 15 is 0 Å². The van der Waals surface area contributed by atoms with Gasteiger partial charge in [0.25, 0.3) is 0 Å². The number of thioether (sulfide) groups is 1. The van der Waals surface area contributed by atoms with E-state index in [0.717, 1.165) is 16.8 Å². The first-order chi connectivity index (χ1) is 15.4. The third-order valence-electron chi connectivity index (χ3n) is 4.85. The molecule has 8 heteroatoms. The topological polar surface area (TPSA) is 78.3 Å². The minimum atomic E-state index is -0.354. The van der Waals surface area contributed by atoms with Gasteiger partial charge in [-0.15, -0.1) is 16.8 Å². The van der Waals surface area contributed by atoms with Gasteiger partial charge in [-0.25, -0.2) is 0 Å². The molecule has 3 rings (SSSR count). The number of ether oxygens (including phenoxy) is 2. The van der Waals surface area contributed by atoms with Crippen LogP contribution in [-0.2, 0) is 11.3 Å². The maximum Gasteiger partial charge on any atom is 0.234 e. The Balaban J connectivity index is 1.69. The molecule has 0 spiro atoms. The highest BCUT2D eigenvalue weighted by Gasteiger charge is 2.20. The lowest BCUT2D eigenvalue weighted by molar-refractivity contribution is -0.113. The lowest BCUT2D eigenvalue weighted by Gasteiger charge is -2.16. The molecule has 0 aliphatic heterocycles. The maximum absolute atomic E-state index is 12.6. The highest BCUT2D eigenvalue weighted by Crippen LogP contribution is 2.27. The van der Waals surface area contributed by atoms with E-state index < -0.39 is 0 Å². The molecule has 0 aliphatic rings. The van der Waals surface area contributed by atoms with Crippen LogP contribution in [0, 0.1) is 13.8 Å². The molecule has 168 valence electrons. The van der Waals surface area contributed by atoms with Gasteiger partial charge >= 0.3 is 0 Å². The quantitative estimate of drug-likeness (QED) is 0.346. The van der Waals surface area contributed by atoms with Crippen LogP contribution in [0.3, 0.4) is 0 Å². The summed E-state index contributed by atoms with van der Waals surface area (Å²) >= 11 is 1.33. The first-order valence-electron chi connectivity index (χ1n) is 10.3. The van der Waals surface area contributed by atoms with E-state index in [1.807, 2.05) is 67.8 Å². The smallest absolute Gasteiger partial charge is 0.234 e. The number of aryl methyl sites for hydroxylation is 2. The highest BCUT2D eigenvalue weighted by molar-refractivity contribution is 7.99. The number of aromatic nitrogens is 3. The van der Waals surface area contributed by atoms with E-state index in [0.29, 0.717) is 29.0 Å². The largest absolute Gasteiger partial charge is 0.497 e. The van der Waals surface area contributed by atoms with Crippen molar-refractivity contribution in [2.24, 2.45) is 0 Å². The first-order valence-corrected chi connectivity index (χ1v) is 11.2. The molecule has 32 heavy (non-hydrogen) atoms. The van der Waals surface area contributed by atoms with E-state index in [1.54, 1.807) is 13.2 Å². The van der Waals surface area contributed by atoms with Crippen molar-refractivity contribution in [3.63, 3.8) is 0 Å². The van der Waals surface area contributed by atoms with Crippen LogP contribution in [0.1, 0.15) is 30.0 Å². The van der Waals surface area contributed by atoms with Gasteiger partial charge in [-0.3, -0.25) is 9.36 Å². The number of hydrogen-bond acceptors (Lipinski definition) is 6. The molecule has 0 fully saturated rings.